The van der Waals surface area contributed by atoms with Crippen LogP contribution in [-0.2, 0) is 16.2 Å². The Morgan fingerprint density at radius 1 is 0.320 bits per heavy atom. The second-order valence-corrected chi connectivity index (χ2v) is 21.3. The van der Waals surface area contributed by atoms with Gasteiger partial charge in [-0.2, -0.15) is 0 Å². The van der Waals surface area contributed by atoms with Gasteiger partial charge in [0, 0.05) is 0 Å². The molecule has 0 heterocycles. The van der Waals surface area contributed by atoms with Gasteiger partial charge in [0.15, 0.2) is 0 Å². The summed E-state index contributed by atoms with van der Waals surface area (Å²) in [7, 11) is -3.42. The Morgan fingerprint density at radius 3 is 0.780 bits per heavy atom. The molecule has 0 amide bonds. The first kappa shape index (κ1) is 35.6. The molecule has 254 valence electrons. The summed E-state index contributed by atoms with van der Waals surface area (Å²) < 4.78 is 0. The molecule has 0 saturated heterocycles. The van der Waals surface area contributed by atoms with Crippen LogP contribution in [-0.4, -0.2) is 7.38 Å². The zero-order valence-electron chi connectivity index (χ0n) is 31.2. The largest absolute Gasteiger partial charge is 0.249 e. The lowest BCUT2D eigenvalue weighted by molar-refractivity contribution is 0.592. The van der Waals surface area contributed by atoms with Crippen LogP contribution in [0.2, 0.25) is 0 Å². The molecule has 0 unspecified atom stereocenters. The van der Waals surface area contributed by atoms with Crippen molar-refractivity contribution in [3.8, 4) is 33.4 Å². The highest BCUT2D eigenvalue weighted by molar-refractivity contribution is 7.41. The Hall–Kier alpha value is -4.17. The van der Waals surface area contributed by atoms with Gasteiger partial charge in [0.2, 0.25) is 7.38 Å². The van der Waals surface area contributed by atoms with E-state index in [1.165, 1.54) is 65.6 Å². The van der Waals surface area contributed by atoms with Gasteiger partial charge in [0.05, 0.1) is 0 Å². The van der Waals surface area contributed by atoms with Crippen molar-refractivity contribution in [1.82, 2.24) is 0 Å². The molecule has 0 saturated carbocycles. The summed E-state index contributed by atoms with van der Waals surface area (Å²) in [6.45, 7) is 20.9. The van der Waals surface area contributed by atoms with E-state index in [4.69, 9.17) is 11.1 Å². The first-order valence-corrected chi connectivity index (χ1v) is 20.9. The summed E-state index contributed by atoms with van der Waals surface area (Å²) in [5.74, 6) is 0. The Kier molecular flexibility index (Phi) is 9.63. The van der Waals surface area contributed by atoms with Gasteiger partial charge in [-0.25, -0.2) is 0 Å². The van der Waals surface area contributed by atoms with Gasteiger partial charge in [-0.05, 0) is 81.9 Å². The summed E-state index contributed by atoms with van der Waals surface area (Å²) in [6.07, 6.45) is 0. The Morgan fingerprint density at radius 2 is 0.560 bits per heavy atom. The van der Waals surface area contributed by atoms with Crippen LogP contribution in [0, 0.1) is 0 Å². The van der Waals surface area contributed by atoms with E-state index in [9.17, 15) is 0 Å². The minimum absolute atomic E-state index is 0.113. The van der Waals surface area contributed by atoms with Gasteiger partial charge >= 0.3 is 0 Å². The van der Waals surface area contributed by atoms with Gasteiger partial charge in [0.1, 0.15) is 0 Å². The topological polar surface area (TPSA) is 0 Å². The van der Waals surface area contributed by atoms with E-state index in [0.29, 0.717) is 0 Å². The van der Waals surface area contributed by atoms with Gasteiger partial charge < -0.3 is 0 Å². The quantitative estimate of drug-likeness (QED) is 0.0927. The van der Waals surface area contributed by atoms with Crippen LogP contribution in [0.15, 0.2) is 146 Å². The molecular weight excluding hydrogens is 640 g/mol. The number of benzene rings is 6. The molecular formula is C48H51ClSi. The molecule has 0 aromatic heterocycles. The van der Waals surface area contributed by atoms with Crippen LogP contribution in [0.3, 0.4) is 0 Å². The molecule has 0 radical (unpaired) electrons. The van der Waals surface area contributed by atoms with E-state index < -0.39 is 7.38 Å². The van der Waals surface area contributed by atoms with Crippen molar-refractivity contribution >= 4 is 34.0 Å². The highest BCUT2D eigenvalue weighted by atomic mass is 35.6. The fourth-order valence-corrected chi connectivity index (χ4v) is 12.7. The second-order valence-electron chi connectivity index (χ2n) is 16.7. The maximum atomic E-state index is 8.99. The van der Waals surface area contributed by atoms with Crippen molar-refractivity contribution in [1.29, 1.82) is 0 Å². The molecule has 2 heteroatoms. The minimum atomic E-state index is -3.42. The number of rotatable bonds is 6. The molecule has 0 nitrogen and oxygen atoms in total. The molecule has 0 fully saturated rings. The molecule has 50 heavy (non-hydrogen) atoms. The van der Waals surface area contributed by atoms with Crippen molar-refractivity contribution in [3.05, 3.63) is 162 Å². The summed E-state index contributed by atoms with van der Waals surface area (Å²) in [4.78, 5) is 0. The lowest BCUT2D eigenvalue weighted by atomic mass is 9.81. The summed E-state index contributed by atoms with van der Waals surface area (Å²) in [5, 5.41) is 3.68. The molecule has 0 aliphatic carbocycles. The van der Waals surface area contributed by atoms with E-state index in [0.717, 1.165) is 0 Å². The lowest BCUT2D eigenvalue weighted by Crippen LogP contribution is -2.65. The summed E-state index contributed by atoms with van der Waals surface area (Å²) in [5.41, 5.74) is 10.9. The molecule has 6 rings (SSSR count). The zero-order chi connectivity index (χ0) is 35.9. The van der Waals surface area contributed by atoms with E-state index in [1.807, 2.05) is 0 Å². The highest BCUT2D eigenvalue weighted by Gasteiger charge is 2.46. The standard InChI is InChI=1S/C48H51ClSi/c1-46(2,3)37-28-19-31-40(43(37)34-22-13-10-14-23-34)50(49,41-32-20-29-38(47(4,5)6)44(41)35-24-15-11-16-25-35)42-33-21-30-39(48(7,8)9)45(42)36-26-17-12-18-27-36/h10-33H,1-9H3. The van der Waals surface area contributed by atoms with Gasteiger partial charge in [-0.1, -0.05) is 208 Å². The number of hydrogen-bond donors (Lipinski definition) is 0. The van der Waals surface area contributed by atoms with Crippen LogP contribution in [0.4, 0.5) is 0 Å². The molecule has 0 spiro atoms. The van der Waals surface area contributed by atoms with Crippen molar-refractivity contribution in [3.63, 3.8) is 0 Å². The number of halogens is 1. The SMILES string of the molecule is CC(C)(C)c1cccc([Si](Cl)(c2cccc(C(C)(C)C)c2-c2ccccc2)c2cccc(C(C)(C)C)c2-c2ccccc2)c1-c1ccccc1. The molecule has 6 aromatic carbocycles. The van der Waals surface area contributed by atoms with E-state index in [-0.39, 0.29) is 16.2 Å². The van der Waals surface area contributed by atoms with Crippen molar-refractivity contribution in [2.24, 2.45) is 0 Å². The van der Waals surface area contributed by atoms with Crippen LogP contribution in [0.1, 0.15) is 79.0 Å². The molecule has 0 aliphatic heterocycles. The average Bonchev–Trinajstić information content (AvgIpc) is 3.10. The van der Waals surface area contributed by atoms with E-state index in [2.05, 4.69) is 208 Å². The maximum absolute atomic E-state index is 8.99. The highest BCUT2D eigenvalue weighted by Crippen LogP contribution is 2.40. The third-order valence-corrected chi connectivity index (χ3v) is 15.2. The molecule has 0 atom stereocenters. The zero-order valence-corrected chi connectivity index (χ0v) is 33.0. The smallest absolute Gasteiger partial charge is 0.149 e. The van der Waals surface area contributed by atoms with Gasteiger partial charge in [-0.3, -0.25) is 0 Å². The van der Waals surface area contributed by atoms with Gasteiger partial charge in [0.25, 0.3) is 0 Å². The first-order chi connectivity index (χ1) is 23.6. The summed E-state index contributed by atoms with van der Waals surface area (Å²) >= 11 is 8.99. The second kappa shape index (κ2) is 13.5. The predicted octanol–water partition coefficient (Wildman–Crippen LogP) is 11.8. The van der Waals surface area contributed by atoms with Crippen LogP contribution < -0.4 is 15.6 Å². The lowest BCUT2D eigenvalue weighted by Gasteiger charge is -2.38. The maximum Gasteiger partial charge on any atom is 0.249 e. The minimum Gasteiger partial charge on any atom is -0.149 e. The normalized spacial score (nSPS) is 12.6. The monoisotopic (exact) mass is 690 g/mol. The van der Waals surface area contributed by atoms with Crippen LogP contribution in [0.5, 0.6) is 0 Å². The fourth-order valence-electron chi connectivity index (χ4n) is 7.58. The van der Waals surface area contributed by atoms with Crippen LogP contribution >= 0.6 is 11.1 Å². The molecule has 0 aliphatic rings. The molecule has 6 aromatic rings. The third kappa shape index (κ3) is 6.66. The Balaban J connectivity index is 1.90. The summed E-state index contributed by atoms with van der Waals surface area (Å²) in [6, 6.07) is 53.5. The predicted molar refractivity (Wildman–Crippen MR) is 222 cm³/mol. The Labute approximate surface area is 306 Å². The van der Waals surface area contributed by atoms with Crippen molar-refractivity contribution < 1.29 is 0 Å². The molecule has 0 N–H and O–H groups in total. The third-order valence-electron chi connectivity index (χ3n) is 9.92. The average molecular weight is 691 g/mol. The first-order valence-electron chi connectivity index (χ1n) is 17.9. The number of hydrogen-bond acceptors (Lipinski definition) is 0. The van der Waals surface area contributed by atoms with Crippen LogP contribution in [0.25, 0.3) is 33.4 Å². The molecule has 0 bridgehead atoms. The fraction of sp³-hybridized carbons (Fsp3) is 0.250. The Bertz CT molecular complexity index is 1850. The van der Waals surface area contributed by atoms with Crippen molar-refractivity contribution in [2.45, 2.75) is 78.6 Å². The van der Waals surface area contributed by atoms with E-state index >= 15 is 0 Å². The van der Waals surface area contributed by atoms with Gasteiger partial charge in [-0.15, -0.1) is 11.1 Å². The van der Waals surface area contributed by atoms with Crippen molar-refractivity contribution in [2.75, 3.05) is 0 Å². The van der Waals surface area contributed by atoms with E-state index in [1.54, 1.807) is 0 Å².